The number of aromatic amines is 1. The molecule has 0 fully saturated rings. The lowest BCUT2D eigenvalue weighted by atomic mass is 10.2. The van der Waals surface area contributed by atoms with E-state index in [1.54, 1.807) is 24.3 Å². The molecule has 118 valence electrons. The van der Waals surface area contributed by atoms with Crippen LogP contribution in [0.1, 0.15) is 16.1 Å². The second kappa shape index (κ2) is 6.67. The molecule has 0 aliphatic carbocycles. The number of para-hydroxylation sites is 1. The first-order valence-electron chi connectivity index (χ1n) is 7.20. The number of hydrogen-bond donors (Lipinski definition) is 2. The Morgan fingerprint density at radius 2 is 1.96 bits per heavy atom. The predicted molar refractivity (Wildman–Crippen MR) is 88.4 cm³/mol. The third kappa shape index (κ3) is 3.42. The van der Waals surface area contributed by atoms with Crippen molar-refractivity contribution in [2.45, 2.75) is 0 Å². The lowest BCUT2D eigenvalue weighted by Crippen LogP contribution is -2.21. The van der Waals surface area contributed by atoms with Crippen molar-refractivity contribution in [2.24, 2.45) is 0 Å². The zero-order valence-electron chi connectivity index (χ0n) is 12.6. The minimum absolute atomic E-state index is 0.287. The molecule has 3 rings (SSSR count). The third-order valence-electron chi connectivity index (χ3n) is 3.36. The fourth-order valence-electron chi connectivity index (χ4n) is 2.26. The van der Waals surface area contributed by atoms with Crippen molar-refractivity contribution in [3.8, 4) is 6.07 Å². The van der Waals surface area contributed by atoms with Crippen molar-refractivity contribution in [1.29, 1.82) is 5.26 Å². The van der Waals surface area contributed by atoms with E-state index >= 15 is 0 Å². The van der Waals surface area contributed by atoms with Crippen molar-refractivity contribution in [3.05, 3.63) is 65.9 Å². The molecular formula is C18H13N3O3. The van der Waals surface area contributed by atoms with Gasteiger partial charge in [0.05, 0.1) is 11.6 Å². The number of hydrogen-bond acceptors (Lipinski definition) is 4. The number of nitriles is 1. The number of aromatic nitrogens is 1. The van der Waals surface area contributed by atoms with Gasteiger partial charge in [-0.3, -0.25) is 4.79 Å². The molecule has 6 heteroatoms. The topological polar surface area (TPSA) is 95.0 Å². The van der Waals surface area contributed by atoms with Crippen molar-refractivity contribution < 1.29 is 14.3 Å². The average Bonchev–Trinajstić information content (AvgIpc) is 3.04. The van der Waals surface area contributed by atoms with Crippen molar-refractivity contribution in [3.63, 3.8) is 0 Å². The Labute approximate surface area is 137 Å². The number of anilines is 1. The van der Waals surface area contributed by atoms with E-state index in [4.69, 9.17) is 10.00 Å². The molecular weight excluding hydrogens is 306 g/mol. The van der Waals surface area contributed by atoms with E-state index in [2.05, 4.69) is 10.3 Å². The maximum atomic E-state index is 12.0. The van der Waals surface area contributed by atoms with Gasteiger partial charge in [0.2, 0.25) is 0 Å². The van der Waals surface area contributed by atoms with Crippen molar-refractivity contribution in [2.75, 3.05) is 11.9 Å². The molecule has 2 aromatic carbocycles. The average molecular weight is 319 g/mol. The fourth-order valence-corrected chi connectivity index (χ4v) is 2.26. The molecule has 6 nitrogen and oxygen atoms in total. The van der Waals surface area contributed by atoms with Crippen LogP contribution in [0.2, 0.25) is 0 Å². The van der Waals surface area contributed by atoms with Crippen LogP contribution < -0.4 is 5.32 Å². The number of nitrogens with one attached hydrogen (secondary N) is 2. The summed E-state index contributed by atoms with van der Waals surface area (Å²) in [6.07, 6.45) is 0. The van der Waals surface area contributed by atoms with E-state index in [0.29, 0.717) is 11.3 Å². The van der Waals surface area contributed by atoms with Crippen LogP contribution in [0.5, 0.6) is 0 Å². The summed E-state index contributed by atoms with van der Waals surface area (Å²) in [5.74, 6) is -1.08. The highest BCUT2D eigenvalue weighted by Crippen LogP contribution is 2.15. The van der Waals surface area contributed by atoms with Crippen LogP contribution >= 0.6 is 0 Å². The standard InChI is InChI=1S/C18H13N3O3/c19-10-12-4-3-6-14(8-12)20-17(22)11-24-18(23)16-9-13-5-1-2-7-15(13)21-16/h1-9,21H,11H2,(H,20,22). The molecule has 1 amide bonds. The molecule has 0 saturated carbocycles. The quantitative estimate of drug-likeness (QED) is 0.723. The monoisotopic (exact) mass is 319 g/mol. The zero-order chi connectivity index (χ0) is 16.9. The number of carbonyl (C=O) groups is 2. The minimum atomic E-state index is -0.605. The molecule has 0 spiro atoms. The van der Waals surface area contributed by atoms with E-state index < -0.39 is 18.5 Å². The minimum Gasteiger partial charge on any atom is -0.451 e. The van der Waals surface area contributed by atoms with Crippen LogP contribution in [0, 0.1) is 11.3 Å². The Kier molecular flexibility index (Phi) is 4.25. The number of amides is 1. The molecule has 24 heavy (non-hydrogen) atoms. The van der Waals surface area contributed by atoms with Gasteiger partial charge < -0.3 is 15.0 Å². The van der Waals surface area contributed by atoms with Gasteiger partial charge in [-0.05, 0) is 30.3 Å². The lowest BCUT2D eigenvalue weighted by Gasteiger charge is -2.06. The van der Waals surface area contributed by atoms with Gasteiger partial charge in [0.25, 0.3) is 5.91 Å². The Bertz CT molecular complexity index is 920. The van der Waals surface area contributed by atoms with Crippen LogP contribution in [0.25, 0.3) is 10.9 Å². The Morgan fingerprint density at radius 1 is 1.12 bits per heavy atom. The number of esters is 1. The van der Waals surface area contributed by atoms with Gasteiger partial charge in [-0.2, -0.15) is 5.26 Å². The maximum absolute atomic E-state index is 12.0. The summed E-state index contributed by atoms with van der Waals surface area (Å²) in [5, 5.41) is 12.3. The first kappa shape index (κ1) is 15.3. The smallest absolute Gasteiger partial charge is 0.355 e. The molecule has 0 saturated heterocycles. The molecule has 0 bridgehead atoms. The highest BCUT2D eigenvalue weighted by Gasteiger charge is 2.13. The van der Waals surface area contributed by atoms with E-state index in [1.807, 2.05) is 30.3 Å². The zero-order valence-corrected chi connectivity index (χ0v) is 12.6. The van der Waals surface area contributed by atoms with Crippen LogP contribution in [0.3, 0.4) is 0 Å². The van der Waals surface area contributed by atoms with Crippen LogP contribution in [-0.4, -0.2) is 23.5 Å². The van der Waals surface area contributed by atoms with Crippen molar-refractivity contribution >= 4 is 28.5 Å². The molecule has 0 atom stereocenters. The van der Waals surface area contributed by atoms with E-state index in [0.717, 1.165) is 10.9 Å². The van der Waals surface area contributed by atoms with Gasteiger partial charge in [-0.25, -0.2) is 4.79 Å². The molecule has 1 aromatic heterocycles. The van der Waals surface area contributed by atoms with E-state index in [1.165, 1.54) is 6.07 Å². The second-order valence-corrected chi connectivity index (χ2v) is 5.09. The van der Waals surface area contributed by atoms with Crippen LogP contribution in [0.15, 0.2) is 54.6 Å². The highest BCUT2D eigenvalue weighted by molar-refractivity contribution is 5.97. The SMILES string of the molecule is N#Cc1cccc(NC(=O)COC(=O)c2cc3ccccc3[nH]2)c1. The summed E-state index contributed by atoms with van der Waals surface area (Å²) < 4.78 is 5.00. The highest BCUT2D eigenvalue weighted by atomic mass is 16.5. The van der Waals surface area contributed by atoms with Gasteiger partial charge >= 0.3 is 5.97 Å². The predicted octanol–water partition coefficient (Wildman–Crippen LogP) is 2.84. The molecule has 0 aliphatic heterocycles. The largest absolute Gasteiger partial charge is 0.451 e. The summed E-state index contributed by atoms with van der Waals surface area (Å²) in [6.45, 7) is -0.412. The first-order chi connectivity index (χ1) is 11.7. The Balaban J connectivity index is 1.59. The van der Waals surface area contributed by atoms with E-state index in [-0.39, 0.29) is 5.69 Å². The third-order valence-corrected chi connectivity index (χ3v) is 3.36. The number of fused-ring (bicyclic) bond motifs is 1. The number of rotatable bonds is 4. The molecule has 0 aliphatic rings. The summed E-state index contributed by atoms with van der Waals surface area (Å²) in [6, 6.07) is 17.6. The Hall–Kier alpha value is -3.59. The van der Waals surface area contributed by atoms with Gasteiger partial charge in [-0.1, -0.05) is 24.3 Å². The Morgan fingerprint density at radius 3 is 2.75 bits per heavy atom. The van der Waals surface area contributed by atoms with Gasteiger partial charge in [0.1, 0.15) is 5.69 Å². The summed E-state index contributed by atoms with van der Waals surface area (Å²) in [4.78, 5) is 26.8. The number of ether oxygens (including phenoxy) is 1. The molecule has 1 heterocycles. The summed E-state index contributed by atoms with van der Waals surface area (Å²) in [7, 11) is 0. The van der Waals surface area contributed by atoms with Gasteiger partial charge in [0.15, 0.2) is 6.61 Å². The molecule has 2 N–H and O–H groups in total. The van der Waals surface area contributed by atoms with Gasteiger partial charge in [0, 0.05) is 16.6 Å². The van der Waals surface area contributed by atoms with Crippen molar-refractivity contribution in [1.82, 2.24) is 4.98 Å². The summed E-state index contributed by atoms with van der Waals surface area (Å²) >= 11 is 0. The van der Waals surface area contributed by atoms with E-state index in [9.17, 15) is 9.59 Å². The number of carbonyl (C=O) groups excluding carboxylic acids is 2. The molecule has 0 radical (unpaired) electrons. The first-order valence-corrected chi connectivity index (χ1v) is 7.20. The summed E-state index contributed by atoms with van der Waals surface area (Å²) in [5.41, 5.74) is 2.02. The van der Waals surface area contributed by atoms with Crippen LogP contribution in [0.4, 0.5) is 5.69 Å². The lowest BCUT2D eigenvalue weighted by molar-refractivity contribution is -0.119. The molecule has 3 aromatic rings. The maximum Gasteiger partial charge on any atom is 0.355 e. The van der Waals surface area contributed by atoms with Gasteiger partial charge in [-0.15, -0.1) is 0 Å². The number of H-pyrrole nitrogens is 1. The number of benzene rings is 2. The number of nitrogens with zero attached hydrogens (tertiary/aromatic N) is 1. The van der Waals surface area contributed by atoms with Crippen LogP contribution in [-0.2, 0) is 9.53 Å². The fraction of sp³-hybridized carbons (Fsp3) is 0.0556. The normalized spacial score (nSPS) is 10.1. The molecule has 0 unspecified atom stereocenters. The second-order valence-electron chi connectivity index (χ2n) is 5.09.